The number of amides is 1. The summed E-state index contributed by atoms with van der Waals surface area (Å²) in [6.07, 6.45) is 2.44. The molecule has 0 spiro atoms. The normalized spacial score (nSPS) is 17.2. The number of anilines is 3. The molecule has 1 amide bonds. The van der Waals surface area contributed by atoms with Gasteiger partial charge in [0, 0.05) is 31.9 Å². The van der Waals surface area contributed by atoms with Crippen LogP contribution in [-0.2, 0) is 0 Å². The first-order valence-electron chi connectivity index (χ1n) is 9.88. The lowest BCUT2D eigenvalue weighted by molar-refractivity contribution is 0.0912. The summed E-state index contributed by atoms with van der Waals surface area (Å²) in [5.41, 5.74) is 0.998. The Morgan fingerprint density at radius 2 is 2.06 bits per heavy atom. The lowest BCUT2D eigenvalue weighted by Crippen LogP contribution is -2.27. The SMILES string of the molecule is CNc1cc(Nc2cccn(-c3ccccn3)c2=O)nc2c(C(=O)NC3C[C@@H]3F)onc12. The molecule has 1 aliphatic carbocycles. The van der Waals surface area contributed by atoms with Gasteiger partial charge in [-0.1, -0.05) is 11.2 Å². The third-order valence-corrected chi connectivity index (χ3v) is 5.05. The highest BCUT2D eigenvalue weighted by molar-refractivity contribution is 6.05. The van der Waals surface area contributed by atoms with E-state index < -0.39 is 18.1 Å². The summed E-state index contributed by atoms with van der Waals surface area (Å²) in [7, 11) is 1.68. The molecule has 5 rings (SSSR count). The van der Waals surface area contributed by atoms with Gasteiger partial charge in [-0.2, -0.15) is 0 Å². The molecule has 0 bridgehead atoms. The van der Waals surface area contributed by atoms with Crippen molar-refractivity contribution in [2.45, 2.75) is 18.6 Å². The summed E-state index contributed by atoms with van der Waals surface area (Å²) in [6.45, 7) is 0. The van der Waals surface area contributed by atoms with Crippen molar-refractivity contribution >= 4 is 34.1 Å². The van der Waals surface area contributed by atoms with Gasteiger partial charge in [0.25, 0.3) is 11.5 Å². The molecule has 1 unspecified atom stereocenters. The Bertz CT molecular complexity index is 1370. The zero-order valence-corrected chi connectivity index (χ0v) is 16.9. The van der Waals surface area contributed by atoms with E-state index in [2.05, 4.69) is 31.1 Å². The highest BCUT2D eigenvalue weighted by Crippen LogP contribution is 2.29. The number of aromatic nitrogens is 4. The molecular formula is C21H18FN7O3. The Labute approximate surface area is 180 Å². The first-order chi connectivity index (χ1) is 15.5. The molecule has 0 aliphatic heterocycles. The van der Waals surface area contributed by atoms with Crippen LogP contribution in [0.15, 0.2) is 58.1 Å². The van der Waals surface area contributed by atoms with Crippen LogP contribution in [0, 0.1) is 0 Å². The van der Waals surface area contributed by atoms with E-state index in [0.717, 1.165) is 0 Å². The van der Waals surface area contributed by atoms with Gasteiger partial charge in [0.1, 0.15) is 29.0 Å². The quantitative estimate of drug-likeness (QED) is 0.421. The van der Waals surface area contributed by atoms with Gasteiger partial charge in [0.2, 0.25) is 5.76 Å². The fourth-order valence-corrected chi connectivity index (χ4v) is 3.28. The van der Waals surface area contributed by atoms with Crippen molar-refractivity contribution in [3.8, 4) is 5.82 Å². The van der Waals surface area contributed by atoms with Crippen LogP contribution in [0.1, 0.15) is 17.0 Å². The van der Waals surface area contributed by atoms with Crippen LogP contribution in [0.4, 0.5) is 21.6 Å². The number of hydrogen-bond donors (Lipinski definition) is 3. The Morgan fingerprint density at radius 3 is 2.78 bits per heavy atom. The molecular weight excluding hydrogens is 417 g/mol. The highest BCUT2D eigenvalue weighted by atomic mass is 19.1. The maximum absolute atomic E-state index is 13.2. The van der Waals surface area contributed by atoms with E-state index in [1.54, 1.807) is 55.8 Å². The molecule has 4 aromatic heterocycles. The molecule has 1 aliphatic rings. The topological polar surface area (TPSA) is 127 Å². The Hall–Kier alpha value is -4.28. The summed E-state index contributed by atoms with van der Waals surface area (Å²) >= 11 is 0. The lowest BCUT2D eigenvalue weighted by atomic mass is 10.2. The molecule has 4 aromatic rings. The number of fused-ring (bicyclic) bond motifs is 1. The van der Waals surface area contributed by atoms with E-state index in [0.29, 0.717) is 22.8 Å². The van der Waals surface area contributed by atoms with Gasteiger partial charge in [-0.25, -0.2) is 14.4 Å². The number of carbonyl (C=O) groups is 1. The van der Waals surface area contributed by atoms with Crippen molar-refractivity contribution in [3.05, 3.63) is 64.9 Å². The fourth-order valence-electron chi connectivity index (χ4n) is 3.28. The van der Waals surface area contributed by atoms with Gasteiger partial charge < -0.3 is 20.5 Å². The molecule has 162 valence electrons. The van der Waals surface area contributed by atoms with Crippen LogP contribution in [0.5, 0.6) is 0 Å². The number of alkyl halides is 1. The lowest BCUT2D eigenvalue weighted by Gasteiger charge is -2.10. The van der Waals surface area contributed by atoms with Crippen LogP contribution in [0.3, 0.4) is 0 Å². The maximum Gasteiger partial charge on any atom is 0.292 e. The predicted molar refractivity (Wildman–Crippen MR) is 115 cm³/mol. The standard InChI is InChI=1S/C21H18FN7O3/c1-23-14-10-15(25-12-5-4-8-29(21(12)31)16-6-2-3-7-24-16)27-18-17(14)28-32-19(18)20(30)26-13-9-11(13)22/h2-8,10-11,13,23H,9H2,1H3,(H,25,27)(H,26,30)/t11-,13?/m0/s1. The van der Waals surface area contributed by atoms with Crippen LogP contribution < -0.4 is 21.5 Å². The van der Waals surface area contributed by atoms with Crippen molar-refractivity contribution in [2.75, 3.05) is 17.7 Å². The van der Waals surface area contributed by atoms with Crippen molar-refractivity contribution in [1.82, 2.24) is 25.0 Å². The summed E-state index contributed by atoms with van der Waals surface area (Å²) in [5, 5.41) is 12.4. The molecule has 11 heteroatoms. The summed E-state index contributed by atoms with van der Waals surface area (Å²) in [4.78, 5) is 34.1. The van der Waals surface area contributed by atoms with E-state index >= 15 is 0 Å². The van der Waals surface area contributed by atoms with Gasteiger partial charge in [0.05, 0.1) is 11.7 Å². The largest absolute Gasteiger partial charge is 0.386 e. The predicted octanol–water partition coefficient (Wildman–Crippen LogP) is 2.39. The zero-order valence-electron chi connectivity index (χ0n) is 16.9. The second-order valence-corrected chi connectivity index (χ2v) is 7.26. The third-order valence-electron chi connectivity index (χ3n) is 5.05. The van der Waals surface area contributed by atoms with E-state index in [1.807, 2.05) is 0 Å². The molecule has 0 saturated heterocycles. The van der Waals surface area contributed by atoms with Gasteiger partial charge >= 0.3 is 0 Å². The number of pyridine rings is 3. The number of carbonyl (C=O) groups excluding carboxylic acids is 1. The molecule has 10 nitrogen and oxygen atoms in total. The molecule has 32 heavy (non-hydrogen) atoms. The number of halogens is 1. The third kappa shape index (κ3) is 3.53. The molecule has 0 radical (unpaired) electrons. The molecule has 0 aromatic carbocycles. The monoisotopic (exact) mass is 435 g/mol. The smallest absolute Gasteiger partial charge is 0.292 e. The fraction of sp³-hybridized carbons (Fsp3) is 0.190. The number of nitrogens with one attached hydrogen (secondary N) is 3. The number of nitrogens with zero attached hydrogens (tertiary/aromatic N) is 4. The zero-order chi connectivity index (χ0) is 22.2. The Balaban J connectivity index is 1.52. The van der Waals surface area contributed by atoms with E-state index in [-0.39, 0.29) is 28.9 Å². The first-order valence-corrected chi connectivity index (χ1v) is 9.88. The highest BCUT2D eigenvalue weighted by Gasteiger charge is 2.39. The van der Waals surface area contributed by atoms with Crippen molar-refractivity contribution < 1.29 is 13.7 Å². The van der Waals surface area contributed by atoms with Crippen molar-refractivity contribution in [2.24, 2.45) is 0 Å². The van der Waals surface area contributed by atoms with E-state index in [9.17, 15) is 14.0 Å². The average molecular weight is 435 g/mol. The second kappa shape index (κ2) is 7.76. The van der Waals surface area contributed by atoms with E-state index in [4.69, 9.17) is 4.52 Å². The van der Waals surface area contributed by atoms with Crippen LogP contribution in [-0.4, -0.2) is 44.9 Å². The van der Waals surface area contributed by atoms with Crippen molar-refractivity contribution in [3.63, 3.8) is 0 Å². The molecule has 3 N–H and O–H groups in total. The minimum Gasteiger partial charge on any atom is -0.386 e. The molecule has 1 saturated carbocycles. The Kier molecular flexibility index (Phi) is 4.77. The summed E-state index contributed by atoms with van der Waals surface area (Å²) < 4.78 is 19.8. The van der Waals surface area contributed by atoms with Crippen molar-refractivity contribution in [1.29, 1.82) is 0 Å². The summed E-state index contributed by atoms with van der Waals surface area (Å²) in [5.74, 6) is 0.0502. The molecule has 2 atom stereocenters. The van der Waals surface area contributed by atoms with E-state index in [1.165, 1.54) is 4.57 Å². The van der Waals surface area contributed by atoms with Gasteiger partial charge in [-0.05, 0) is 24.3 Å². The number of hydrogen-bond acceptors (Lipinski definition) is 8. The summed E-state index contributed by atoms with van der Waals surface area (Å²) in [6, 6.07) is 9.70. The molecule has 1 fully saturated rings. The second-order valence-electron chi connectivity index (χ2n) is 7.26. The van der Waals surface area contributed by atoms with Crippen LogP contribution in [0.25, 0.3) is 16.9 Å². The van der Waals surface area contributed by atoms with Gasteiger partial charge in [-0.3, -0.25) is 14.2 Å². The maximum atomic E-state index is 13.2. The first kappa shape index (κ1) is 19.7. The Morgan fingerprint density at radius 1 is 1.22 bits per heavy atom. The van der Waals surface area contributed by atoms with Crippen LogP contribution in [0.2, 0.25) is 0 Å². The average Bonchev–Trinajstić information content (AvgIpc) is 3.32. The minimum atomic E-state index is -1.05. The number of rotatable bonds is 6. The molecule has 4 heterocycles. The van der Waals surface area contributed by atoms with Gasteiger partial charge in [0.15, 0.2) is 5.52 Å². The minimum absolute atomic E-state index is 0.127. The van der Waals surface area contributed by atoms with Crippen LogP contribution >= 0.6 is 0 Å². The van der Waals surface area contributed by atoms with Gasteiger partial charge in [-0.15, -0.1) is 0 Å².